The average Bonchev–Trinajstić information content (AvgIpc) is 2.70. The second-order valence-corrected chi connectivity index (χ2v) is 6.19. The summed E-state index contributed by atoms with van der Waals surface area (Å²) in [4.78, 5) is 0. The summed E-state index contributed by atoms with van der Waals surface area (Å²) in [6, 6.07) is 6.92. The Morgan fingerprint density at radius 1 is 1.58 bits per heavy atom. The molecule has 1 unspecified atom stereocenters. The molecular weight excluding hydrogens is 288 g/mol. The van der Waals surface area contributed by atoms with E-state index in [-0.39, 0.29) is 0 Å². The molecule has 9 heteroatoms. The molecule has 0 spiro atoms. The van der Waals surface area contributed by atoms with Crippen LogP contribution in [0.15, 0.2) is 29.4 Å². The molecule has 0 saturated carbocycles. The van der Waals surface area contributed by atoms with Crippen LogP contribution in [-0.2, 0) is 10.3 Å². The Hall–Kier alpha value is -1.29. The van der Waals surface area contributed by atoms with E-state index >= 15 is 0 Å². The normalized spacial score (nSPS) is 19.6. The monoisotopic (exact) mass is 302 g/mol. The maximum Gasteiger partial charge on any atom is 0.335 e. The first-order chi connectivity index (χ1) is 8.89. The maximum atomic E-state index is 11.0. The Morgan fingerprint density at radius 2 is 2.32 bits per heavy atom. The van der Waals surface area contributed by atoms with E-state index in [1.54, 1.807) is 24.3 Å². The van der Waals surface area contributed by atoms with Gasteiger partial charge in [0.05, 0.1) is 10.7 Å². The molecule has 1 aromatic carbocycles. The van der Waals surface area contributed by atoms with Crippen LogP contribution in [0.1, 0.15) is 13.3 Å². The highest BCUT2D eigenvalue weighted by atomic mass is 32.2. The standard InChI is InChI=1S/C10H14N4O3S2/c1-2-9-12-14(8-5-3-4-7(11)6-8)10(18-9)13-19(15,16)17/h3-6,10,13H,2,11H2,1H3,(H,15,16,17). The van der Waals surface area contributed by atoms with Crippen molar-refractivity contribution in [1.82, 2.24) is 4.72 Å². The summed E-state index contributed by atoms with van der Waals surface area (Å²) in [7, 11) is -4.31. The average molecular weight is 302 g/mol. The molecule has 4 N–H and O–H groups in total. The summed E-state index contributed by atoms with van der Waals surface area (Å²) in [6.07, 6.45) is 0.674. The van der Waals surface area contributed by atoms with Crippen LogP contribution in [0.3, 0.4) is 0 Å². The highest BCUT2D eigenvalue weighted by molar-refractivity contribution is 8.15. The third kappa shape index (κ3) is 3.60. The van der Waals surface area contributed by atoms with Crippen LogP contribution in [0, 0.1) is 0 Å². The Labute approximate surface area is 115 Å². The lowest BCUT2D eigenvalue weighted by atomic mass is 10.3. The van der Waals surface area contributed by atoms with Crippen LogP contribution in [0.5, 0.6) is 0 Å². The van der Waals surface area contributed by atoms with Gasteiger partial charge in [-0.05, 0) is 24.6 Å². The molecule has 1 aliphatic heterocycles. The maximum absolute atomic E-state index is 11.0. The molecule has 0 radical (unpaired) electrons. The Balaban J connectivity index is 2.30. The molecule has 7 nitrogen and oxygen atoms in total. The first-order valence-corrected chi connectivity index (χ1v) is 7.84. The van der Waals surface area contributed by atoms with Gasteiger partial charge in [-0.1, -0.05) is 24.8 Å². The zero-order valence-corrected chi connectivity index (χ0v) is 11.8. The van der Waals surface area contributed by atoms with Crippen LogP contribution in [-0.4, -0.2) is 23.5 Å². The number of hydrogen-bond donors (Lipinski definition) is 3. The minimum Gasteiger partial charge on any atom is -0.399 e. The predicted molar refractivity (Wildman–Crippen MR) is 77.1 cm³/mol. The minimum atomic E-state index is -4.31. The van der Waals surface area contributed by atoms with Gasteiger partial charge in [0, 0.05) is 5.69 Å². The summed E-state index contributed by atoms with van der Waals surface area (Å²) in [5.74, 6) is 0. The van der Waals surface area contributed by atoms with Gasteiger partial charge >= 0.3 is 10.3 Å². The van der Waals surface area contributed by atoms with Crippen molar-refractivity contribution in [3.05, 3.63) is 24.3 Å². The molecular formula is C10H14N4O3S2. The quantitative estimate of drug-likeness (QED) is 0.570. The topological polar surface area (TPSA) is 108 Å². The number of nitrogens with zero attached hydrogens (tertiary/aromatic N) is 2. The van der Waals surface area contributed by atoms with E-state index in [4.69, 9.17) is 10.3 Å². The lowest BCUT2D eigenvalue weighted by molar-refractivity contribution is 0.464. The number of anilines is 2. The second kappa shape index (κ2) is 5.37. The van der Waals surface area contributed by atoms with Gasteiger partial charge in [0.25, 0.3) is 0 Å². The van der Waals surface area contributed by atoms with Crippen LogP contribution in [0.4, 0.5) is 11.4 Å². The smallest absolute Gasteiger partial charge is 0.335 e. The van der Waals surface area contributed by atoms with E-state index in [1.807, 2.05) is 6.92 Å². The molecule has 0 bridgehead atoms. The van der Waals surface area contributed by atoms with Gasteiger partial charge < -0.3 is 5.73 Å². The first kappa shape index (κ1) is 14.1. The van der Waals surface area contributed by atoms with Crippen molar-refractivity contribution in [3.63, 3.8) is 0 Å². The van der Waals surface area contributed by atoms with Gasteiger partial charge in [-0.2, -0.15) is 18.2 Å². The third-order valence-corrected chi connectivity index (χ3v) is 4.23. The van der Waals surface area contributed by atoms with E-state index in [9.17, 15) is 8.42 Å². The van der Waals surface area contributed by atoms with Crippen molar-refractivity contribution >= 4 is 38.5 Å². The van der Waals surface area contributed by atoms with Crippen molar-refractivity contribution in [2.45, 2.75) is 18.8 Å². The molecule has 1 atom stereocenters. The molecule has 1 aromatic rings. The Morgan fingerprint density at radius 3 is 2.89 bits per heavy atom. The van der Waals surface area contributed by atoms with Crippen molar-refractivity contribution in [2.75, 3.05) is 10.7 Å². The van der Waals surface area contributed by atoms with Gasteiger partial charge in [-0.15, -0.1) is 0 Å². The number of benzene rings is 1. The molecule has 0 aliphatic carbocycles. The largest absolute Gasteiger partial charge is 0.399 e. The highest BCUT2D eigenvalue weighted by Gasteiger charge is 2.30. The molecule has 1 aliphatic rings. The van der Waals surface area contributed by atoms with E-state index < -0.39 is 15.8 Å². The summed E-state index contributed by atoms with van der Waals surface area (Å²) in [6.45, 7) is 1.92. The number of nitrogens with two attached hydrogens (primary N) is 1. The fraction of sp³-hybridized carbons (Fsp3) is 0.300. The highest BCUT2D eigenvalue weighted by Crippen LogP contribution is 2.31. The van der Waals surface area contributed by atoms with Crippen molar-refractivity contribution in [3.8, 4) is 0 Å². The number of rotatable bonds is 4. The molecule has 2 rings (SSSR count). The Kier molecular flexibility index (Phi) is 3.99. The van der Waals surface area contributed by atoms with Crippen molar-refractivity contribution in [1.29, 1.82) is 0 Å². The molecule has 19 heavy (non-hydrogen) atoms. The number of nitrogens with one attached hydrogen (secondary N) is 1. The van der Waals surface area contributed by atoms with Crippen LogP contribution in [0.2, 0.25) is 0 Å². The van der Waals surface area contributed by atoms with Gasteiger partial charge in [-0.25, -0.2) is 5.01 Å². The summed E-state index contributed by atoms with van der Waals surface area (Å²) < 4.78 is 32.9. The molecule has 0 saturated heterocycles. The first-order valence-electron chi connectivity index (χ1n) is 5.52. The molecule has 0 aromatic heterocycles. The number of nitrogen functional groups attached to an aromatic ring is 1. The van der Waals surface area contributed by atoms with Crippen LogP contribution < -0.4 is 15.5 Å². The van der Waals surface area contributed by atoms with Gasteiger partial charge in [0.2, 0.25) is 0 Å². The zero-order chi connectivity index (χ0) is 14.0. The number of hydrogen-bond acceptors (Lipinski definition) is 6. The summed E-state index contributed by atoms with van der Waals surface area (Å²) in [5, 5.41) is 6.55. The van der Waals surface area contributed by atoms with E-state index in [0.717, 1.165) is 5.04 Å². The van der Waals surface area contributed by atoms with E-state index in [1.165, 1.54) is 16.8 Å². The number of hydrazone groups is 1. The molecule has 0 fully saturated rings. The SMILES string of the molecule is CCC1=NN(c2cccc(N)c2)C(NS(=O)(=O)O)S1. The van der Waals surface area contributed by atoms with Gasteiger partial charge in [0.15, 0.2) is 5.50 Å². The number of thioether (sulfide) groups is 1. The predicted octanol–water partition coefficient (Wildman–Crippen LogP) is 1.22. The van der Waals surface area contributed by atoms with Crippen molar-refractivity contribution in [2.24, 2.45) is 5.10 Å². The zero-order valence-electron chi connectivity index (χ0n) is 10.1. The van der Waals surface area contributed by atoms with Gasteiger partial charge in [-0.3, -0.25) is 4.55 Å². The molecule has 1 heterocycles. The summed E-state index contributed by atoms with van der Waals surface area (Å²) >= 11 is 1.23. The van der Waals surface area contributed by atoms with Gasteiger partial charge in [0.1, 0.15) is 0 Å². The van der Waals surface area contributed by atoms with Crippen molar-refractivity contribution < 1.29 is 13.0 Å². The molecule has 0 amide bonds. The Bertz CT molecular complexity index is 603. The summed E-state index contributed by atoms with van der Waals surface area (Å²) in [5.41, 5.74) is 6.18. The third-order valence-electron chi connectivity index (χ3n) is 2.38. The lowest BCUT2D eigenvalue weighted by Gasteiger charge is -2.22. The lowest BCUT2D eigenvalue weighted by Crippen LogP contribution is -2.41. The van der Waals surface area contributed by atoms with E-state index in [0.29, 0.717) is 17.8 Å². The van der Waals surface area contributed by atoms with E-state index in [2.05, 4.69) is 9.82 Å². The molecule has 104 valence electrons. The van der Waals surface area contributed by atoms with Crippen LogP contribution in [0.25, 0.3) is 0 Å². The fourth-order valence-electron chi connectivity index (χ4n) is 1.59. The van der Waals surface area contributed by atoms with Crippen LogP contribution >= 0.6 is 11.8 Å². The second-order valence-electron chi connectivity index (χ2n) is 3.85. The minimum absolute atomic E-state index is 0.549. The fourth-order valence-corrected chi connectivity index (χ4v) is 3.33.